The molecule has 1 rings (SSSR count). The summed E-state index contributed by atoms with van der Waals surface area (Å²) in [6.45, 7) is 0. The van der Waals surface area contributed by atoms with Crippen molar-refractivity contribution < 1.29 is 19.1 Å². The Kier molecular flexibility index (Phi) is 5.02. The third kappa shape index (κ3) is 5.75. The zero-order chi connectivity index (χ0) is 12.9. The van der Waals surface area contributed by atoms with Crippen molar-refractivity contribution in [3.63, 3.8) is 0 Å². The Morgan fingerprint density at radius 1 is 1.29 bits per heavy atom. The second-order valence-electron chi connectivity index (χ2n) is 3.91. The first-order valence-corrected chi connectivity index (χ1v) is 7.05. The van der Waals surface area contributed by atoms with E-state index in [1.165, 1.54) is 0 Å². The molecule has 94 valence electrons. The van der Waals surface area contributed by atoms with Gasteiger partial charge in [0.2, 0.25) is 0 Å². The summed E-state index contributed by atoms with van der Waals surface area (Å²) in [4.78, 5) is 29.0. The highest BCUT2D eigenvalue weighted by atomic mass is 31.2. The number of rotatable bonds is 6. The molecule has 0 fully saturated rings. The largest absolute Gasteiger partial charge is 0.325 e. The fourth-order valence-corrected chi connectivity index (χ4v) is 2.01. The molecule has 1 atom stereocenters. The molecule has 0 saturated heterocycles. The van der Waals surface area contributed by atoms with E-state index in [-0.39, 0.29) is 24.8 Å². The first-order valence-electron chi connectivity index (χ1n) is 5.25. The normalized spacial score (nSPS) is 13.4. The summed E-state index contributed by atoms with van der Waals surface area (Å²) in [5.41, 5.74) is 6.43. The average molecular weight is 257 g/mol. The van der Waals surface area contributed by atoms with E-state index >= 15 is 0 Å². The van der Waals surface area contributed by atoms with Crippen molar-refractivity contribution >= 4 is 13.4 Å². The number of Topliss-reactive ketones (excluding diaryl/α,β-unsaturated/α-hetero) is 1. The van der Waals surface area contributed by atoms with Crippen molar-refractivity contribution in [1.82, 2.24) is 0 Å². The van der Waals surface area contributed by atoms with E-state index < -0.39 is 13.6 Å². The Morgan fingerprint density at radius 3 is 2.41 bits per heavy atom. The van der Waals surface area contributed by atoms with E-state index in [1.54, 1.807) is 0 Å². The topological polar surface area (TPSA) is 101 Å². The zero-order valence-electron chi connectivity index (χ0n) is 9.32. The molecule has 0 amide bonds. The Balaban J connectivity index is 2.45. The third-order valence-electron chi connectivity index (χ3n) is 2.37. The minimum Gasteiger partial charge on any atom is -0.324 e. The van der Waals surface area contributed by atoms with Crippen LogP contribution in [0.1, 0.15) is 12.0 Å². The lowest BCUT2D eigenvalue weighted by Gasteiger charge is -2.11. The molecule has 0 saturated carbocycles. The maximum absolute atomic E-state index is 11.7. The van der Waals surface area contributed by atoms with Crippen LogP contribution in [0.3, 0.4) is 0 Å². The number of nitrogens with two attached hydrogens (primary N) is 1. The molecule has 0 heterocycles. The first-order chi connectivity index (χ1) is 7.88. The molecule has 1 aromatic carbocycles. The van der Waals surface area contributed by atoms with E-state index in [1.807, 2.05) is 30.3 Å². The van der Waals surface area contributed by atoms with Gasteiger partial charge < -0.3 is 15.5 Å². The van der Waals surface area contributed by atoms with Crippen molar-refractivity contribution in [2.45, 2.75) is 18.9 Å². The van der Waals surface area contributed by atoms with Gasteiger partial charge in [-0.3, -0.25) is 9.36 Å². The van der Waals surface area contributed by atoms with E-state index in [2.05, 4.69) is 0 Å². The summed E-state index contributed by atoms with van der Waals surface area (Å²) in [5, 5.41) is 0. The van der Waals surface area contributed by atoms with Crippen molar-refractivity contribution in [1.29, 1.82) is 0 Å². The molecule has 4 N–H and O–H groups in total. The van der Waals surface area contributed by atoms with Gasteiger partial charge in [-0.25, -0.2) is 0 Å². The lowest BCUT2D eigenvalue weighted by molar-refractivity contribution is -0.119. The standard InChI is InChI=1S/C11H16NO4P/c12-10(6-7-17(14,15)16)11(13)8-9-4-2-1-3-5-9/h1-5,10H,6-8,12H2,(H2,14,15,16)/t10-/m1/s1. The van der Waals surface area contributed by atoms with Crippen molar-refractivity contribution in [3.8, 4) is 0 Å². The molecule has 0 aromatic heterocycles. The lowest BCUT2D eigenvalue weighted by atomic mass is 10.0. The van der Waals surface area contributed by atoms with E-state index in [9.17, 15) is 9.36 Å². The molecule has 0 aliphatic carbocycles. The number of hydrogen-bond donors (Lipinski definition) is 3. The highest BCUT2D eigenvalue weighted by Crippen LogP contribution is 2.35. The summed E-state index contributed by atoms with van der Waals surface area (Å²) >= 11 is 0. The van der Waals surface area contributed by atoms with Crippen LogP contribution in [0.15, 0.2) is 30.3 Å². The van der Waals surface area contributed by atoms with Crippen LogP contribution in [0, 0.1) is 0 Å². The van der Waals surface area contributed by atoms with Crippen LogP contribution in [0.2, 0.25) is 0 Å². The van der Waals surface area contributed by atoms with Crippen LogP contribution < -0.4 is 5.73 Å². The highest BCUT2D eigenvalue weighted by molar-refractivity contribution is 7.51. The van der Waals surface area contributed by atoms with Gasteiger partial charge in [0.15, 0.2) is 5.78 Å². The molecule has 0 bridgehead atoms. The van der Waals surface area contributed by atoms with Gasteiger partial charge in [0.05, 0.1) is 12.2 Å². The Morgan fingerprint density at radius 2 is 1.88 bits per heavy atom. The van der Waals surface area contributed by atoms with Crippen LogP contribution in [-0.4, -0.2) is 27.8 Å². The van der Waals surface area contributed by atoms with Gasteiger partial charge in [-0.1, -0.05) is 30.3 Å². The van der Waals surface area contributed by atoms with E-state index in [4.69, 9.17) is 15.5 Å². The van der Waals surface area contributed by atoms with Gasteiger partial charge >= 0.3 is 7.60 Å². The van der Waals surface area contributed by atoms with Crippen LogP contribution in [0.4, 0.5) is 0 Å². The predicted molar refractivity (Wildman–Crippen MR) is 64.7 cm³/mol. The first kappa shape index (κ1) is 14.1. The van der Waals surface area contributed by atoms with Crippen molar-refractivity contribution in [2.24, 2.45) is 5.73 Å². The molecule has 0 spiro atoms. The molecule has 1 aromatic rings. The average Bonchev–Trinajstić information content (AvgIpc) is 2.26. The van der Waals surface area contributed by atoms with Crippen molar-refractivity contribution in [3.05, 3.63) is 35.9 Å². The summed E-state index contributed by atoms with van der Waals surface area (Å²) in [7, 11) is -4.07. The van der Waals surface area contributed by atoms with Gasteiger partial charge in [0, 0.05) is 6.42 Å². The SMILES string of the molecule is N[C@H](CCP(=O)(O)O)C(=O)Cc1ccccc1. The molecule has 0 aliphatic rings. The second kappa shape index (κ2) is 6.07. The molecule has 0 unspecified atom stereocenters. The molecular weight excluding hydrogens is 241 g/mol. The minimum atomic E-state index is -4.07. The maximum Gasteiger partial charge on any atom is 0.325 e. The second-order valence-corrected chi connectivity index (χ2v) is 5.69. The van der Waals surface area contributed by atoms with E-state index in [0.717, 1.165) is 5.56 Å². The molecule has 6 heteroatoms. The minimum absolute atomic E-state index is 0.00987. The summed E-state index contributed by atoms with van der Waals surface area (Å²) in [5.74, 6) is -0.204. The molecule has 5 nitrogen and oxygen atoms in total. The Bertz CT molecular complexity index is 415. The third-order valence-corrected chi connectivity index (χ3v) is 3.21. The summed E-state index contributed by atoms with van der Waals surface area (Å²) < 4.78 is 10.6. The fourth-order valence-electron chi connectivity index (χ4n) is 1.40. The monoisotopic (exact) mass is 257 g/mol. The van der Waals surface area contributed by atoms with Gasteiger partial charge in [0.25, 0.3) is 0 Å². The lowest BCUT2D eigenvalue weighted by Crippen LogP contribution is -2.32. The van der Waals surface area contributed by atoms with Crippen LogP contribution in [0.25, 0.3) is 0 Å². The zero-order valence-corrected chi connectivity index (χ0v) is 10.2. The summed E-state index contributed by atoms with van der Waals surface area (Å²) in [6, 6.07) is 8.30. The Hall–Kier alpha value is -1.00. The molecule has 17 heavy (non-hydrogen) atoms. The number of ketones is 1. The molecular formula is C11H16NO4P. The predicted octanol–water partition coefficient (Wildman–Crippen LogP) is 0.693. The van der Waals surface area contributed by atoms with Gasteiger partial charge in [-0.05, 0) is 12.0 Å². The Labute approximate surface area is 99.8 Å². The van der Waals surface area contributed by atoms with Crippen LogP contribution in [0.5, 0.6) is 0 Å². The highest BCUT2D eigenvalue weighted by Gasteiger charge is 2.19. The van der Waals surface area contributed by atoms with Gasteiger partial charge in [-0.2, -0.15) is 0 Å². The molecule has 0 aliphatic heterocycles. The van der Waals surface area contributed by atoms with E-state index in [0.29, 0.717) is 0 Å². The van der Waals surface area contributed by atoms with Crippen LogP contribution >= 0.6 is 7.60 Å². The maximum atomic E-state index is 11.7. The van der Waals surface area contributed by atoms with Crippen molar-refractivity contribution in [2.75, 3.05) is 6.16 Å². The smallest absolute Gasteiger partial charge is 0.324 e. The quantitative estimate of drug-likeness (QED) is 0.651. The number of hydrogen-bond acceptors (Lipinski definition) is 3. The number of benzene rings is 1. The van der Waals surface area contributed by atoms with Crippen LogP contribution in [-0.2, 0) is 15.8 Å². The fraction of sp³-hybridized carbons (Fsp3) is 0.364. The summed E-state index contributed by atoms with van der Waals surface area (Å²) in [6.07, 6.45) is -0.145. The number of carbonyl (C=O) groups is 1. The molecule has 0 radical (unpaired) electrons. The van der Waals surface area contributed by atoms with Gasteiger partial charge in [0.1, 0.15) is 0 Å². The van der Waals surface area contributed by atoms with Gasteiger partial charge in [-0.15, -0.1) is 0 Å². The number of carbonyl (C=O) groups excluding carboxylic acids is 1.